The lowest BCUT2D eigenvalue weighted by Gasteiger charge is -2.31. The summed E-state index contributed by atoms with van der Waals surface area (Å²) in [5.41, 5.74) is 2.05. The fourth-order valence-corrected chi connectivity index (χ4v) is 4.55. The average Bonchev–Trinajstić information content (AvgIpc) is 3.05. The highest BCUT2D eigenvalue weighted by Crippen LogP contribution is 2.43. The van der Waals surface area contributed by atoms with Gasteiger partial charge < -0.3 is 10.1 Å². The van der Waals surface area contributed by atoms with E-state index in [1.54, 1.807) is 31.2 Å². The number of aliphatic imine (C=N–C) groups is 1. The number of amides is 1. The van der Waals surface area contributed by atoms with Crippen molar-refractivity contribution < 1.29 is 14.0 Å². The summed E-state index contributed by atoms with van der Waals surface area (Å²) in [7, 11) is 1.55. The average molecular weight is 432 g/mol. The number of carbonyl (C=O) groups excluding carboxylic acids is 1. The highest BCUT2D eigenvalue weighted by molar-refractivity contribution is 8.02. The van der Waals surface area contributed by atoms with Crippen molar-refractivity contribution in [2.24, 2.45) is 10.9 Å². The molecule has 0 spiro atoms. The molecule has 3 rings (SSSR count). The van der Waals surface area contributed by atoms with Crippen LogP contribution in [0.2, 0.25) is 5.02 Å². The van der Waals surface area contributed by atoms with E-state index in [2.05, 4.69) is 24.1 Å². The van der Waals surface area contributed by atoms with Gasteiger partial charge in [-0.2, -0.15) is 0 Å². The third-order valence-corrected chi connectivity index (χ3v) is 5.93. The maximum Gasteiger partial charge on any atom is 0.411 e. The van der Waals surface area contributed by atoms with Gasteiger partial charge in [-0.3, -0.25) is 4.98 Å². The third-order valence-electron chi connectivity index (χ3n) is 4.44. The Balaban J connectivity index is 2.02. The van der Waals surface area contributed by atoms with E-state index in [9.17, 15) is 4.79 Å². The molecule has 1 aromatic carbocycles. The summed E-state index contributed by atoms with van der Waals surface area (Å²) >= 11 is 7.80. The predicted molar refractivity (Wildman–Crippen MR) is 116 cm³/mol. The van der Waals surface area contributed by atoms with Gasteiger partial charge in [0.2, 0.25) is 11.8 Å². The quantitative estimate of drug-likeness (QED) is 0.625. The smallest absolute Gasteiger partial charge is 0.398 e. The number of benzene rings is 1. The third kappa shape index (κ3) is 5.18. The molecule has 2 heterocycles. The lowest BCUT2D eigenvalue weighted by Crippen LogP contribution is -2.46. The summed E-state index contributed by atoms with van der Waals surface area (Å²) in [6.07, 6.45) is 4.91. The molecule has 1 N–H and O–H groups in total. The number of alkyl carbamates (subject to hydrolysis) is 1. The minimum absolute atomic E-state index is 0.130. The van der Waals surface area contributed by atoms with E-state index in [0.29, 0.717) is 11.6 Å². The molecule has 0 aliphatic carbocycles. The fraction of sp³-hybridized carbons (Fsp3) is 0.286. The summed E-state index contributed by atoms with van der Waals surface area (Å²) in [5.74, 6) is 0.213. The van der Waals surface area contributed by atoms with Crippen LogP contribution in [-0.2, 0) is 11.3 Å². The summed E-state index contributed by atoms with van der Waals surface area (Å²) in [6, 6.07) is 11.6. The van der Waals surface area contributed by atoms with Crippen molar-refractivity contribution in [2.45, 2.75) is 25.3 Å². The second-order valence-corrected chi connectivity index (χ2v) is 8.51. The van der Waals surface area contributed by atoms with Crippen molar-refractivity contribution in [1.82, 2.24) is 10.3 Å². The SMILES string of the molecule is CNC(=O)OC[N+]1(Cc2ccncc2)C=NC(C(C)C)=C1Sc1cccc(Cl)c1. The zero-order valence-electron chi connectivity index (χ0n) is 16.6. The first-order valence-corrected chi connectivity index (χ1v) is 10.5. The van der Waals surface area contributed by atoms with Crippen LogP contribution in [0.1, 0.15) is 19.4 Å². The van der Waals surface area contributed by atoms with Crippen LogP contribution >= 0.6 is 23.4 Å². The summed E-state index contributed by atoms with van der Waals surface area (Å²) < 4.78 is 5.79. The van der Waals surface area contributed by atoms with Crippen molar-refractivity contribution in [3.05, 3.63) is 70.1 Å². The van der Waals surface area contributed by atoms with E-state index < -0.39 is 6.09 Å². The van der Waals surface area contributed by atoms with Gasteiger partial charge in [-0.1, -0.05) is 31.5 Å². The van der Waals surface area contributed by atoms with Crippen LogP contribution in [0.5, 0.6) is 0 Å². The second-order valence-electron chi connectivity index (χ2n) is 7.01. The molecule has 0 saturated carbocycles. The molecule has 0 saturated heterocycles. The number of allylic oxidation sites excluding steroid dienone is 1. The van der Waals surface area contributed by atoms with Crippen LogP contribution in [0.15, 0.2) is 69.4 Å². The van der Waals surface area contributed by atoms with Gasteiger partial charge in [0.1, 0.15) is 12.2 Å². The number of rotatable bonds is 7. The van der Waals surface area contributed by atoms with Crippen LogP contribution in [0.25, 0.3) is 0 Å². The maximum absolute atomic E-state index is 11.9. The molecule has 6 nitrogen and oxygen atoms in total. The Morgan fingerprint density at radius 3 is 2.69 bits per heavy atom. The molecule has 152 valence electrons. The van der Waals surface area contributed by atoms with Crippen LogP contribution in [0.4, 0.5) is 4.79 Å². The van der Waals surface area contributed by atoms with Gasteiger partial charge in [0.05, 0.1) is 0 Å². The van der Waals surface area contributed by atoms with Crippen molar-refractivity contribution >= 4 is 35.8 Å². The Kier molecular flexibility index (Phi) is 6.95. The van der Waals surface area contributed by atoms with Crippen molar-refractivity contribution in [3.8, 4) is 0 Å². The highest BCUT2D eigenvalue weighted by Gasteiger charge is 2.42. The van der Waals surface area contributed by atoms with Crippen LogP contribution in [-0.4, -0.2) is 35.7 Å². The number of hydrogen-bond acceptors (Lipinski definition) is 5. The van der Waals surface area contributed by atoms with E-state index in [0.717, 1.165) is 21.2 Å². The van der Waals surface area contributed by atoms with Gasteiger partial charge in [0.25, 0.3) is 0 Å². The summed E-state index contributed by atoms with van der Waals surface area (Å²) in [4.78, 5) is 21.7. The number of ether oxygens (including phenoxy) is 1. The number of nitrogens with zero attached hydrogens (tertiary/aromatic N) is 3. The van der Waals surface area contributed by atoms with E-state index in [1.807, 2.05) is 42.7 Å². The standard InChI is InChI=1S/C21H23ClN4O2S/c1-15(2)19-20(29-18-6-4-5-17(22)11-18)26(13-25-19,14-28-21(27)23-3)12-16-7-9-24-10-8-16/h4-11,13,15H,12,14H2,1-3H3/p+1. The molecule has 0 fully saturated rings. The molecular formula is C21H24ClN4O2S+. The van der Waals surface area contributed by atoms with Gasteiger partial charge in [0, 0.05) is 40.8 Å². The highest BCUT2D eigenvalue weighted by atomic mass is 35.5. The molecule has 1 aliphatic rings. The first-order valence-electron chi connectivity index (χ1n) is 9.27. The van der Waals surface area contributed by atoms with E-state index >= 15 is 0 Å². The van der Waals surface area contributed by atoms with E-state index in [-0.39, 0.29) is 17.1 Å². The van der Waals surface area contributed by atoms with Gasteiger partial charge in [-0.15, -0.1) is 0 Å². The largest absolute Gasteiger partial charge is 0.411 e. The van der Waals surface area contributed by atoms with Crippen LogP contribution in [0, 0.1) is 5.92 Å². The molecule has 1 amide bonds. The minimum atomic E-state index is -0.476. The number of thioether (sulfide) groups is 1. The Bertz CT molecular complexity index is 933. The second kappa shape index (κ2) is 9.43. The first kappa shape index (κ1) is 21.4. The lowest BCUT2D eigenvalue weighted by molar-refractivity contribution is -0.819. The molecule has 1 aliphatic heterocycles. The normalized spacial score (nSPS) is 18.4. The predicted octanol–water partition coefficient (Wildman–Crippen LogP) is 5.02. The number of pyridine rings is 1. The number of nitrogens with one attached hydrogen (secondary N) is 1. The molecule has 1 aromatic heterocycles. The maximum atomic E-state index is 11.9. The number of hydrogen-bond donors (Lipinski definition) is 1. The monoisotopic (exact) mass is 431 g/mol. The van der Waals surface area contributed by atoms with Crippen LogP contribution < -0.4 is 5.32 Å². The molecule has 0 bridgehead atoms. The molecule has 1 unspecified atom stereocenters. The number of carbonyl (C=O) groups is 1. The van der Waals surface area contributed by atoms with E-state index in [4.69, 9.17) is 21.3 Å². The van der Waals surface area contributed by atoms with Crippen LogP contribution in [0.3, 0.4) is 0 Å². The van der Waals surface area contributed by atoms with Gasteiger partial charge in [-0.25, -0.2) is 14.3 Å². The van der Waals surface area contributed by atoms with Gasteiger partial charge in [0.15, 0.2) is 6.34 Å². The Morgan fingerprint density at radius 1 is 1.28 bits per heavy atom. The zero-order valence-corrected chi connectivity index (χ0v) is 18.2. The number of halogens is 1. The van der Waals surface area contributed by atoms with Crippen molar-refractivity contribution in [2.75, 3.05) is 13.8 Å². The fourth-order valence-electron chi connectivity index (χ4n) is 3.00. The number of quaternary nitrogens is 1. The van der Waals surface area contributed by atoms with Crippen molar-refractivity contribution in [3.63, 3.8) is 0 Å². The molecule has 0 radical (unpaired) electrons. The molecule has 2 aromatic rings. The lowest BCUT2D eigenvalue weighted by atomic mass is 10.1. The summed E-state index contributed by atoms with van der Waals surface area (Å²) in [5, 5.41) is 4.20. The molecule has 8 heteroatoms. The van der Waals surface area contributed by atoms with Gasteiger partial charge >= 0.3 is 6.09 Å². The summed E-state index contributed by atoms with van der Waals surface area (Å²) in [6.45, 7) is 4.93. The minimum Gasteiger partial charge on any atom is -0.398 e. The Morgan fingerprint density at radius 2 is 2.03 bits per heavy atom. The van der Waals surface area contributed by atoms with E-state index in [1.165, 1.54) is 0 Å². The van der Waals surface area contributed by atoms with Gasteiger partial charge in [-0.05, 0) is 42.1 Å². The number of aromatic nitrogens is 1. The Labute approximate surface area is 180 Å². The first-order chi connectivity index (χ1) is 13.9. The molecule has 29 heavy (non-hydrogen) atoms. The topological polar surface area (TPSA) is 63.6 Å². The molecule has 1 atom stereocenters. The molecular weight excluding hydrogens is 408 g/mol. The zero-order chi connectivity index (χ0) is 20.9. The van der Waals surface area contributed by atoms with Crippen molar-refractivity contribution in [1.29, 1.82) is 0 Å². The Hall–Kier alpha value is -2.35.